The number of hydrogen-bond acceptors (Lipinski definition) is 5. The first-order chi connectivity index (χ1) is 13.7. The van der Waals surface area contributed by atoms with Crippen molar-refractivity contribution in [1.29, 1.82) is 0 Å². The molecule has 6 heteroatoms. The molecule has 0 N–H and O–H groups in total. The Balaban J connectivity index is 1.29. The van der Waals surface area contributed by atoms with Gasteiger partial charge in [-0.1, -0.05) is 19.3 Å². The number of thiazole rings is 1. The van der Waals surface area contributed by atoms with Gasteiger partial charge in [-0.3, -0.25) is 9.69 Å². The molecule has 0 spiro atoms. The van der Waals surface area contributed by atoms with Crippen molar-refractivity contribution in [2.24, 2.45) is 5.92 Å². The van der Waals surface area contributed by atoms with Gasteiger partial charge in [0.05, 0.1) is 19.3 Å². The third-order valence-corrected chi connectivity index (χ3v) is 6.77. The van der Waals surface area contributed by atoms with E-state index in [-0.39, 0.29) is 5.92 Å². The van der Waals surface area contributed by atoms with Gasteiger partial charge in [0.25, 0.3) is 0 Å². The van der Waals surface area contributed by atoms with Gasteiger partial charge in [0.15, 0.2) is 0 Å². The molecule has 2 heterocycles. The number of aromatic nitrogens is 1. The molecule has 0 bridgehead atoms. The second kappa shape index (κ2) is 9.05. The van der Waals surface area contributed by atoms with Gasteiger partial charge in [-0.2, -0.15) is 0 Å². The van der Waals surface area contributed by atoms with E-state index >= 15 is 0 Å². The first-order valence-corrected chi connectivity index (χ1v) is 11.2. The maximum Gasteiger partial charge on any atom is 0.225 e. The lowest BCUT2D eigenvalue weighted by molar-refractivity contribution is -0.138. The van der Waals surface area contributed by atoms with Gasteiger partial charge in [-0.15, -0.1) is 11.3 Å². The molecule has 1 saturated carbocycles. The molecule has 2 aromatic rings. The molecule has 5 nitrogen and oxygen atoms in total. The molecule has 150 valence electrons. The number of nitrogens with zero attached hydrogens (tertiary/aromatic N) is 3. The van der Waals surface area contributed by atoms with Gasteiger partial charge in [0.1, 0.15) is 10.8 Å². The molecule has 0 atom stereocenters. The fourth-order valence-corrected chi connectivity index (χ4v) is 5.05. The summed E-state index contributed by atoms with van der Waals surface area (Å²) in [5, 5.41) is 3.26. The molecule has 1 aliphatic carbocycles. The normalized spacial score (nSPS) is 19.0. The van der Waals surface area contributed by atoms with E-state index in [1.54, 1.807) is 18.4 Å². The first-order valence-electron chi connectivity index (χ1n) is 10.3. The van der Waals surface area contributed by atoms with Crippen LogP contribution >= 0.6 is 11.3 Å². The number of benzene rings is 1. The summed E-state index contributed by atoms with van der Waals surface area (Å²) >= 11 is 1.71. The first kappa shape index (κ1) is 19.4. The van der Waals surface area contributed by atoms with Crippen molar-refractivity contribution in [2.75, 3.05) is 33.3 Å². The molecule has 4 rings (SSSR count). The van der Waals surface area contributed by atoms with Crippen LogP contribution in [0.15, 0.2) is 29.6 Å². The standard InChI is InChI=1S/C22H29N3O2S/c1-27-19-9-7-17(8-10-19)20-16-28-21(23-20)15-24-11-13-25(14-12-24)22(26)18-5-3-2-4-6-18/h7-10,16,18H,2-6,11-15H2,1H3. The largest absolute Gasteiger partial charge is 0.497 e. The van der Waals surface area contributed by atoms with Gasteiger partial charge in [-0.25, -0.2) is 4.98 Å². The Labute approximate surface area is 171 Å². The Kier molecular flexibility index (Phi) is 6.27. The van der Waals surface area contributed by atoms with E-state index in [2.05, 4.69) is 15.2 Å². The highest BCUT2D eigenvalue weighted by Gasteiger charge is 2.28. The van der Waals surface area contributed by atoms with Crippen LogP contribution in [0.2, 0.25) is 0 Å². The summed E-state index contributed by atoms with van der Waals surface area (Å²) in [5.74, 6) is 1.54. The van der Waals surface area contributed by atoms with Crippen LogP contribution in [0.25, 0.3) is 11.3 Å². The van der Waals surface area contributed by atoms with Crippen molar-refractivity contribution in [2.45, 2.75) is 38.6 Å². The zero-order valence-corrected chi connectivity index (χ0v) is 17.4. The number of ether oxygens (including phenoxy) is 1. The van der Waals surface area contributed by atoms with Crippen molar-refractivity contribution in [3.63, 3.8) is 0 Å². The summed E-state index contributed by atoms with van der Waals surface area (Å²) in [6.45, 7) is 4.45. The number of piperazine rings is 1. The summed E-state index contributed by atoms with van der Waals surface area (Å²) in [4.78, 5) is 22.0. The Bertz CT molecular complexity index is 775. The molecule has 1 amide bonds. The summed E-state index contributed by atoms with van der Waals surface area (Å²) in [7, 11) is 1.68. The lowest BCUT2D eigenvalue weighted by Gasteiger charge is -2.36. The second-order valence-electron chi connectivity index (χ2n) is 7.79. The van der Waals surface area contributed by atoms with Gasteiger partial charge in [0, 0.05) is 43.0 Å². The van der Waals surface area contributed by atoms with Gasteiger partial charge in [-0.05, 0) is 37.1 Å². The Morgan fingerprint density at radius 3 is 2.50 bits per heavy atom. The summed E-state index contributed by atoms with van der Waals surface area (Å²) in [6.07, 6.45) is 5.91. The van der Waals surface area contributed by atoms with Crippen LogP contribution < -0.4 is 4.74 Å². The maximum atomic E-state index is 12.7. The average molecular weight is 400 g/mol. The van der Waals surface area contributed by atoms with Crippen molar-refractivity contribution in [3.8, 4) is 17.0 Å². The lowest BCUT2D eigenvalue weighted by Crippen LogP contribution is -2.50. The highest BCUT2D eigenvalue weighted by molar-refractivity contribution is 7.09. The third-order valence-electron chi connectivity index (χ3n) is 5.93. The van der Waals surface area contributed by atoms with E-state index in [9.17, 15) is 4.79 Å². The SMILES string of the molecule is COc1ccc(-c2csc(CN3CCN(C(=O)C4CCCCC4)CC3)n2)cc1. The zero-order chi connectivity index (χ0) is 19.3. The van der Waals surface area contributed by atoms with Crippen LogP contribution in [0.4, 0.5) is 0 Å². The molecule has 1 aromatic heterocycles. The Morgan fingerprint density at radius 2 is 1.82 bits per heavy atom. The van der Waals surface area contributed by atoms with E-state index in [1.807, 2.05) is 24.3 Å². The van der Waals surface area contributed by atoms with E-state index in [4.69, 9.17) is 9.72 Å². The third kappa shape index (κ3) is 4.55. The maximum absolute atomic E-state index is 12.7. The molecule has 1 aliphatic heterocycles. The van der Waals surface area contributed by atoms with Crippen LogP contribution in [-0.4, -0.2) is 54.0 Å². The molecule has 1 saturated heterocycles. The van der Waals surface area contributed by atoms with Crippen molar-refractivity contribution in [3.05, 3.63) is 34.7 Å². The molecule has 0 radical (unpaired) electrons. The molecule has 0 unspecified atom stereocenters. The van der Waals surface area contributed by atoms with E-state index in [1.165, 1.54) is 19.3 Å². The van der Waals surface area contributed by atoms with E-state index in [0.29, 0.717) is 5.91 Å². The van der Waals surface area contributed by atoms with Crippen molar-refractivity contribution in [1.82, 2.24) is 14.8 Å². The fourth-order valence-electron chi connectivity index (χ4n) is 4.20. The summed E-state index contributed by atoms with van der Waals surface area (Å²) in [6, 6.07) is 8.04. The van der Waals surface area contributed by atoms with Crippen LogP contribution in [0.5, 0.6) is 5.75 Å². The predicted molar refractivity (Wildman–Crippen MR) is 113 cm³/mol. The van der Waals surface area contributed by atoms with Gasteiger partial charge in [0.2, 0.25) is 5.91 Å². The minimum absolute atomic E-state index is 0.284. The highest BCUT2D eigenvalue weighted by Crippen LogP contribution is 2.27. The van der Waals surface area contributed by atoms with E-state index in [0.717, 1.165) is 67.6 Å². The number of rotatable bonds is 5. The highest BCUT2D eigenvalue weighted by atomic mass is 32.1. The Morgan fingerprint density at radius 1 is 1.11 bits per heavy atom. The number of hydrogen-bond donors (Lipinski definition) is 0. The van der Waals surface area contributed by atoms with Crippen molar-refractivity contribution >= 4 is 17.2 Å². The smallest absolute Gasteiger partial charge is 0.225 e. The summed E-state index contributed by atoms with van der Waals surface area (Å²) in [5.41, 5.74) is 2.14. The predicted octanol–water partition coefficient (Wildman–Crippen LogP) is 4.04. The fraction of sp³-hybridized carbons (Fsp3) is 0.545. The summed E-state index contributed by atoms with van der Waals surface area (Å²) < 4.78 is 5.22. The van der Waals surface area contributed by atoms with Crippen molar-refractivity contribution < 1.29 is 9.53 Å². The quantitative estimate of drug-likeness (QED) is 0.761. The molecule has 28 heavy (non-hydrogen) atoms. The average Bonchev–Trinajstić information content (AvgIpc) is 3.23. The number of carbonyl (C=O) groups excluding carboxylic acids is 1. The Hall–Kier alpha value is -1.92. The van der Waals surface area contributed by atoms with Gasteiger partial charge < -0.3 is 9.64 Å². The second-order valence-corrected chi connectivity index (χ2v) is 8.73. The minimum atomic E-state index is 0.284. The van der Waals surface area contributed by atoms with E-state index < -0.39 is 0 Å². The monoisotopic (exact) mass is 399 g/mol. The van der Waals surface area contributed by atoms with Crippen LogP contribution in [0.1, 0.15) is 37.1 Å². The molecule has 2 aliphatic rings. The molecular formula is C22H29N3O2S. The molecule has 2 fully saturated rings. The van der Waals surface area contributed by atoms with Gasteiger partial charge >= 0.3 is 0 Å². The topological polar surface area (TPSA) is 45.7 Å². The molecular weight excluding hydrogens is 370 g/mol. The number of methoxy groups -OCH3 is 1. The van der Waals surface area contributed by atoms with Crippen LogP contribution in [-0.2, 0) is 11.3 Å². The number of amides is 1. The van der Waals surface area contributed by atoms with Crippen LogP contribution in [0.3, 0.4) is 0 Å². The van der Waals surface area contributed by atoms with Crippen LogP contribution in [0, 0.1) is 5.92 Å². The molecule has 1 aromatic carbocycles. The minimum Gasteiger partial charge on any atom is -0.497 e. The number of carbonyl (C=O) groups is 1. The lowest BCUT2D eigenvalue weighted by atomic mass is 9.88. The zero-order valence-electron chi connectivity index (χ0n) is 16.6.